The van der Waals surface area contributed by atoms with E-state index in [2.05, 4.69) is 20.0 Å². The lowest BCUT2D eigenvalue weighted by atomic mass is 10.1. The Balaban J connectivity index is 1.48. The minimum atomic E-state index is 0.178. The number of fused-ring (bicyclic) bond motifs is 1. The molecule has 2 aromatic heterocycles. The highest BCUT2D eigenvalue weighted by Gasteiger charge is 2.14. The smallest absolute Gasteiger partial charge is 0.288 e. The topological polar surface area (TPSA) is 69.2 Å². The number of ether oxygens (including phenoxy) is 1. The summed E-state index contributed by atoms with van der Waals surface area (Å²) in [6.07, 6.45) is 3.74. The predicted molar refractivity (Wildman–Crippen MR) is 99.4 cm³/mol. The average Bonchev–Trinajstić information content (AvgIpc) is 3.00. The van der Waals surface area contributed by atoms with Crippen molar-refractivity contribution in [1.29, 1.82) is 0 Å². The van der Waals surface area contributed by atoms with Gasteiger partial charge < -0.3 is 9.15 Å². The lowest BCUT2D eigenvalue weighted by Crippen LogP contribution is -2.32. The van der Waals surface area contributed by atoms with Gasteiger partial charge in [0.2, 0.25) is 5.88 Å². The molecular weight excluding hydrogens is 350 g/mol. The summed E-state index contributed by atoms with van der Waals surface area (Å²) in [7, 11) is 0. The van der Waals surface area contributed by atoms with E-state index in [0.29, 0.717) is 29.1 Å². The van der Waals surface area contributed by atoms with Crippen molar-refractivity contribution in [2.75, 3.05) is 13.1 Å². The standard InChI is InChI=1S/C18H21N5O2S/c1-13-19-15-8-4-3-7-14(15)17(20-13)24-11-16-21-23(18(26)25-16)12-22-9-5-2-6-10-22/h3-4,7-8H,2,5-6,9-12H2,1H3. The normalized spacial score (nSPS) is 15.4. The molecule has 1 aromatic carbocycles. The minimum absolute atomic E-state index is 0.178. The number of piperidine rings is 1. The number of aromatic nitrogens is 4. The fraction of sp³-hybridized carbons (Fsp3) is 0.444. The molecule has 3 heterocycles. The second-order valence-corrected chi connectivity index (χ2v) is 6.81. The maximum atomic E-state index is 5.86. The summed E-state index contributed by atoms with van der Waals surface area (Å²) in [6.45, 7) is 4.84. The molecular formula is C18H21N5O2S. The minimum Gasteiger partial charge on any atom is -0.467 e. The first-order valence-corrected chi connectivity index (χ1v) is 9.25. The van der Waals surface area contributed by atoms with Crippen LogP contribution in [-0.4, -0.2) is 37.7 Å². The van der Waals surface area contributed by atoms with Gasteiger partial charge in [0.15, 0.2) is 6.61 Å². The summed E-state index contributed by atoms with van der Waals surface area (Å²) in [5, 5.41) is 5.32. The van der Waals surface area contributed by atoms with Gasteiger partial charge in [-0.15, -0.1) is 5.10 Å². The van der Waals surface area contributed by atoms with Crippen molar-refractivity contribution in [3.8, 4) is 5.88 Å². The highest BCUT2D eigenvalue weighted by atomic mass is 32.1. The molecule has 4 rings (SSSR count). The molecule has 1 aliphatic rings. The van der Waals surface area contributed by atoms with Crippen molar-refractivity contribution in [1.82, 2.24) is 24.6 Å². The van der Waals surface area contributed by atoms with E-state index in [1.165, 1.54) is 19.3 Å². The molecule has 26 heavy (non-hydrogen) atoms. The number of aryl methyl sites for hydroxylation is 1. The molecule has 0 amide bonds. The van der Waals surface area contributed by atoms with Gasteiger partial charge in [-0.2, -0.15) is 4.98 Å². The molecule has 1 aliphatic heterocycles. The van der Waals surface area contributed by atoms with Crippen LogP contribution in [0.3, 0.4) is 0 Å². The van der Waals surface area contributed by atoms with Crippen LogP contribution in [0.2, 0.25) is 0 Å². The predicted octanol–water partition coefficient (Wildman–Crippen LogP) is 3.48. The van der Waals surface area contributed by atoms with Gasteiger partial charge in [-0.05, 0) is 57.2 Å². The zero-order valence-electron chi connectivity index (χ0n) is 14.7. The molecule has 0 spiro atoms. The third-order valence-electron chi connectivity index (χ3n) is 4.44. The van der Waals surface area contributed by atoms with Crippen molar-refractivity contribution in [3.05, 3.63) is 40.8 Å². The highest BCUT2D eigenvalue weighted by Crippen LogP contribution is 2.22. The molecule has 3 aromatic rings. The Morgan fingerprint density at radius 3 is 2.81 bits per heavy atom. The summed E-state index contributed by atoms with van der Waals surface area (Å²) < 4.78 is 13.2. The average molecular weight is 371 g/mol. The number of para-hydroxylation sites is 1. The first-order chi connectivity index (χ1) is 12.7. The molecule has 0 aliphatic carbocycles. The zero-order valence-corrected chi connectivity index (χ0v) is 15.5. The molecule has 0 unspecified atom stereocenters. The maximum Gasteiger partial charge on any atom is 0.288 e. The van der Waals surface area contributed by atoms with E-state index in [0.717, 1.165) is 24.0 Å². The largest absolute Gasteiger partial charge is 0.467 e. The molecule has 0 saturated carbocycles. The second-order valence-electron chi connectivity index (χ2n) is 6.46. The number of benzene rings is 1. The van der Waals surface area contributed by atoms with Gasteiger partial charge in [0.25, 0.3) is 10.7 Å². The van der Waals surface area contributed by atoms with E-state index in [-0.39, 0.29) is 6.61 Å². The van der Waals surface area contributed by atoms with Gasteiger partial charge >= 0.3 is 0 Å². The van der Waals surface area contributed by atoms with Crippen LogP contribution in [0.25, 0.3) is 10.9 Å². The number of nitrogens with zero attached hydrogens (tertiary/aromatic N) is 5. The van der Waals surface area contributed by atoms with Crippen LogP contribution in [0.1, 0.15) is 31.0 Å². The van der Waals surface area contributed by atoms with Gasteiger partial charge in [-0.1, -0.05) is 18.6 Å². The summed E-state index contributed by atoms with van der Waals surface area (Å²) in [5.41, 5.74) is 0.853. The van der Waals surface area contributed by atoms with Crippen molar-refractivity contribution >= 4 is 23.1 Å². The van der Waals surface area contributed by atoms with Crippen LogP contribution in [0.5, 0.6) is 5.88 Å². The highest BCUT2D eigenvalue weighted by molar-refractivity contribution is 7.71. The van der Waals surface area contributed by atoms with Crippen molar-refractivity contribution < 1.29 is 9.15 Å². The molecule has 0 N–H and O–H groups in total. The summed E-state index contributed by atoms with van der Waals surface area (Å²) in [6, 6.07) is 7.76. The van der Waals surface area contributed by atoms with Crippen molar-refractivity contribution in [2.45, 2.75) is 39.5 Å². The number of hydrogen-bond acceptors (Lipinski definition) is 7. The molecule has 0 bridgehead atoms. The number of rotatable bonds is 5. The molecule has 136 valence electrons. The van der Waals surface area contributed by atoms with E-state index in [4.69, 9.17) is 21.4 Å². The first-order valence-electron chi connectivity index (χ1n) is 8.84. The van der Waals surface area contributed by atoms with Gasteiger partial charge in [-0.25, -0.2) is 9.67 Å². The van der Waals surface area contributed by atoms with E-state index in [1.807, 2.05) is 31.2 Å². The Hall–Kier alpha value is -2.32. The third kappa shape index (κ3) is 3.76. The second kappa shape index (κ2) is 7.51. The Kier molecular flexibility index (Phi) is 4.94. The molecule has 0 radical (unpaired) electrons. The SMILES string of the molecule is Cc1nc(OCc2nn(CN3CCCCC3)c(=S)o2)c2ccccc2n1. The summed E-state index contributed by atoms with van der Waals surface area (Å²) in [5.74, 6) is 1.64. The third-order valence-corrected chi connectivity index (χ3v) is 4.74. The van der Waals surface area contributed by atoms with Crippen molar-refractivity contribution in [3.63, 3.8) is 0 Å². The molecule has 7 nitrogen and oxygen atoms in total. The van der Waals surface area contributed by atoms with Crippen LogP contribution in [0, 0.1) is 11.8 Å². The van der Waals surface area contributed by atoms with Crippen LogP contribution in [0.4, 0.5) is 0 Å². The quantitative estimate of drug-likeness (QED) is 0.636. The van der Waals surface area contributed by atoms with Gasteiger partial charge in [0, 0.05) is 0 Å². The lowest BCUT2D eigenvalue weighted by molar-refractivity contribution is 0.170. The monoisotopic (exact) mass is 371 g/mol. The Labute approximate surface area is 156 Å². The van der Waals surface area contributed by atoms with E-state index in [9.17, 15) is 0 Å². The number of hydrogen-bond donors (Lipinski definition) is 0. The molecule has 1 saturated heterocycles. The first kappa shape index (κ1) is 17.1. The maximum absolute atomic E-state index is 5.86. The Bertz CT molecular complexity index is 962. The molecule has 0 atom stereocenters. The van der Waals surface area contributed by atoms with Crippen LogP contribution in [-0.2, 0) is 13.3 Å². The fourth-order valence-electron chi connectivity index (χ4n) is 3.19. The van der Waals surface area contributed by atoms with Gasteiger partial charge in [0.1, 0.15) is 5.82 Å². The van der Waals surface area contributed by atoms with Crippen LogP contribution < -0.4 is 4.74 Å². The van der Waals surface area contributed by atoms with Crippen molar-refractivity contribution in [2.24, 2.45) is 0 Å². The van der Waals surface area contributed by atoms with E-state index >= 15 is 0 Å². The fourth-order valence-corrected chi connectivity index (χ4v) is 3.38. The van der Waals surface area contributed by atoms with E-state index < -0.39 is 0 Å². The van der Waals surface area contributed by atoms with Crippen LogP contribution >= 0.6 is 12.2 Å². The summed E-state index contributed by atoms with van der Waals surface area (Å²) >= 11 is 5.30. The lowest BCUT2D eigenvalue weighted by Gasteiger charge is -2.25. The summed E-state index contributed by atoms with van der Waals surface area (Å²) in [4.78, 5) is 11.5. The molecule has 8 heteroatoms. The zero-order chi connectivity index (χ0) is 17.9. The van der Waals surface area contributed by atoms with E-state index in [1.54, 1.807) is 4.68 Å². The Morgan fingerprint density at radius 2 is 1.96 bits per heavy atom. The Morgan fingerprint density at radius 1 is 1.15 bits per heavy atom. The van der Waals surface area contributed by atoms with Crippen LogP contribution in [0.15, 0.2) is 28.7 Å². The van der Waals surface area contributed by atoms with Gasteiger partial charge in [0.05, 0.1) is 17.6 Å². The van der Waals surface area contributed by atoms with Gasteiger partial charge in [-0.3, -0.25) is 4.90 Å². The number of likely N-dealkylation sites (tertiary alicyclic amines) is 1. The molecule has 1 fully saturated rings.